The predicted molar refractivity (Wildman–Crippen MR) is 55.5 cm³/mol. The Bertz CT molecular complexity index is 297. The van der Waals surface area contributed by atoms with E-state index in [-0.39, 0.29) is 0 Å². The van der Waals surface area contributed by atoms with Crippen LogP contribution in [0, 0.1) is 10.8 Å². The molecule has 0 aromatic rings. The molecule has 0 saturated heterocycles. The Labute approximate surface area is 80.7 Å². The minimum atomic E-state index is 0.579. The zero-order valence-electron chi connectivity index (χ0n) is 8.47. The second-order valence-corrected chi connectivity index (χ2v) is 5.29. The highest BCUT2D eigenvalue weighted by Gasteiger charge is 2.54. The molecule has 0 amide bonds. The van der Waals surface area contributed by atoms with E-state index < -0.39 is 0 Å². The van der Waals surface area contributed by atoms with Crippen LogP contribution in [0.15, 0.2) is 23.8 Å². The first kappa shape index (κ1) is 7.84. The van der Waals surface area contributed by atoms with E-state index in [0.29, 0.717) is 10.8 Å². The van der Waals surface area contributed by atoms with Gasteiger partial charge in [-0.1, -0.05) is 36.6 Å². The van der Waals surface area contributed by atoms with E-state index in [2.05, 4.69) is 25.2 Å². The summed E-state index contributed by atoms with van der Waals surface area (Å²) < 4.78 is 0. The largest absolute Gasteiger partial charge is 0.0870 e. The number of allylic oxidation sites excluding steroid dienone is 4. The maximum absolute atomic E-state index is 2.60. The van der Waals surface area contributed by atoms with Crippen molar-refractivity contribution in [2.24, 2.45) is 10.8 Å². The molecule has 0 aromatic heterocycles. The summed E-state index contributed by atoms with van der Waals surface area (Å²) in [5.74, 6) is 0. The van der Waals surface area contributed by atoms with Crippen molar-refractivity contribution in [2.75, 3.05) is 0 Å². The first-order valence-electron chi connectivity index (χ1n) is 5.63. The Kier molecular flexibility index (Phi) is 1.38. The Hall–Kier alpha value is -0.520. The van der Waals surface area contributed by atoms with Crippen molar-refractivity contribution in [3.05, 3.63) is 23.8 Å². The van der Waals surface area contributed by atoms with Crippen LogP contribution in [0.2, 0.25) is 0 Å². The molecule has 0 bridgehead atoms. The van der Waals surface area contributed by atoms with Crippen LogP contribution in [0.5, 0.6) is 0 Å². The molecule has 0 heterocycles. The molecule has 1 fully saturated rings. The Morgan fingerprint density at radius 3 is 2.69 bits per heavy atom. The van der Waals surface area contributed by atoms with Gasteiger partial charge in [-0.25, -0.2) is 0 Å². The van der Waals surface area contributed by atoms with Gasteiger partial charge in [0.2, 0.25) is 0 Å². The van der Waals surface area contributed by atoms with Gasteiger partial charge >= 0.3 is 0 Å². The fraction of sp³-hybridized carbons (Fsp3) is 0.692. The molecule has 0 heteroatoms. The quantitative estimate of drug-likeness (QED) is 0.489. The van der Waals surface area contributed by atoms with Crippen LogP contribution in [-0.2, 0) is 0 Å². The molecule has 0 aliphatic heterocycles. The first-order chi connectivity index (χ1) is 6.27. The van der Waals surface area contributed by atoms with E-state index in [1.807, 2.05) is 0 Å². The van der Waals surface area contributed by atoms with Gasteiger partial charge in [0, 0.05) is 10.8 Å². The van der Waals surface area contributed by atoms with Crippen LogP contribution in [-0.4, -0.2) is 0 Å². The highest BCUT2D eigenvalue weighted by molar-refractivity contribution is 5.34. The SMILES string of the molecule is CC1=CC23CC=CC2(CCCC3)C1. The molecule has 3 aliphatic carbocycles. The van der Waals surface area contributed by atoms with E-state index in [0.717, 1.165) is 0 Å². The average molecular weight is 174 g/mol. The molecule has 0 nitrogen and oxygen atoms in total. The summed E-state index contributed by atoms with van der Waals surface area (Å²) in [6.07, 6.45) is 16.0. The third-order valence-electron chi connectivity index (χ3n) is 4.52. The third kappa shape index (κ3) is 0.820. The molecule has 13 heavy (non-hydrogen) atoms. The van der Waals surface area contributed by atoms with Gasteiger partial charge in [-0.05, 0) is 32.6 Å². The van der Waals surface area contributed by atoms with E-state index in [1.165, 1.54) is 38.5 Å². The zero-order valence-corrected chi connectivity index (χ0v) is 8.47. The molecular formula is C13H18. The predicted octanol–water partition coefficient (Wildman–Crippen LogP) is 3.84. The molecular weight excluding hydrogens is 156 g/mol. The van der Waals surface area contributed by atoms with Gasteiger partial charge < -0.3 is 0 Å². The van der Waals surface area contributed by atoms with Crippen LogP contribution >= 0.6 is 0 Å². The van der Waals surface area contributed by atoms with Gasteiger partial charge in [-0.2, -0.15) is 0 Å². The Morgan fingerprint density at radius 1 is 1.15 bits per heavy atom. The topological polar surface area (TPSA) is 0 Å². The molecule has 0 N–H and O–H groups in total. The minimum absolute atomic E-state index is 0.579. The van der Waals surface area contributed by atoms with Crippen LogP contribution in [0.3, 0.4) is 0 Å². The summed E-state index contributed by atoms with van der Waals surface area (Å²) >= 11 is 0. The smallest absolute Gasteiger partial charge is 0.00127 e. The van der Waals surface area contributed by atoms with Gasteiger partial charge in [0.05, 0.1) is 0 Å². The summed E-state index contributed by atoms with van der Waals surface area (Å²) in [5.41, 5.74) is 2.80. The van der Waals surface area contributed by atoms with Crippen molar-refractivity contribution in [1.29, 1.82) is 0 Å². The monoisotopic (exact) mass is 174 g/mol. The first-order valence-corrected chi connectivity index (χ1v) is 5.63. The Morgan fingerprint density at radius 2 is 1.92 bits per heavy atom. The normalized spacial score (nSPS) is 47.3. The lowest BCUT2D eigenvalue weighted by Crippen LogP contribution is -2.35. The lowest BCUT2D eigenvalue weighted by molar-refractivity contribution is 0.110. The van der Waals surface area contributed by atoms with Crippen molar-refractivity contribution in [3.63, 3.8) is 0 Å². The van der Waals surface area contributed by atoms with Crippen molar-refractivity contribution in [3.8, 4) is 0 Å². The minimum Gasteiger partial charge on any atom is -0.0870 e. The lowest BCUT2D eigenvalue weighted by atomic mass is 9.59. The van der Waals surface area contributed by atoms with E-state index in [1.54, 1.807) is 5.57 Å². The van der Waals surface area contributed by atoms with Gasteiger partial charge in [0.15, 0.2) is 0 Å². The molecule has 0 aromatic carbocycles. The summed E-state index contributed by atoms with van der Waals surface area (Å²) in [6.45, 7) is 2.32. The zero-order chi connectivity index (χ0) is 8.94. The van der Waals surface area contributed by atoms with Crippen molar-refractivity contribution in [1.82, 2.24) is 0 Å². The highest BCUT2D eigenvalue weighted by atomic mass is 14.6. The van der Waals surface area contributed by atoms with Gasteiger partial charge in [-0.3, -0.25) is 0 Å². The van der Waals surface area contributed by atoms with Crippen LogP contribution < -0.4 is 0 Å². The molecule has 0 spiro atoms. The second-order valence-electron chi connectivity index (χ2n) is 5.29. The van der Waals surface area contributed by atoms with Crippen LogP contribution in [0.4, 0.5) is 0 Å². The second kappa shape index (κ2) is 2.29. The Balaban J connectivity index is 2.08. The molecule has 3 aliphatic rings. The molecule has 0 radical (unpaired) electrons. The summed E-state index contributed by atoms with van der Waals surface area (Å²) in [7, 11) is 0. The van der Waals surface area contributed by atoms with Crippen molar-refractivity contribution >= 4 is 0 Å². The molecule has 3 rings (SSSR count). The van der Waals surface area contributed by atoms with E-state index in [9.17, 15) is 0 Å². The highest BCUT2D eigenvalue weighted by Crippen LogP contribution is 2.64. The fourth-order valence-electron chi connectivity index (χ4n) is 4.05. The summed E-state index contributed by atoms with van der Waals surface area (Å²) in [5, 5.41) is 0. The number of hydrogen-bond acceptors (Lipinski definition) is 0. The summed E-state index contributed by atoms with van der Waals surface area (Å²) in [6, 6.07) is 0. The number of hydrogen-bond donors (Lipinski definition) is 0. The van der Waals surface area contributed by atoms with E-state index >= 15 is 0 Å². The molecule has 2 unspecified atom stereocenters. The summed E-state index contributed by atoms with van der Waals surface area (Å²) in [4.78, 5) is 0. The average Bonchev–Trinajstić information content (AvgIpc) is 2.54. The van der Waals surface area contributed by atoms with Gasteiger partial charge in [-0.15, -0.1) is 0 Å². The van der Waals surface area contributed by atoms with E-state index in [4.69, 9.17) is 0 Å². The molecule has 70 valence electrons. The van der Waals surface area contributed by atoms with Crippen molar-refractivity contribution in [2.45, 2.75) is 45.4 Å². The maximum atomic E-state index is 2.60. The molecule has 2 atom stereocenters. The third-order valence-corrected chi connectivity index (χ3v) is 4.52. The standard InChI is InChI=1S/C13H18/c1-11-9-12-5-2-3-6-13(12,10-11)8-4-7-12/h4,7,10H,2-3,5-6,8-9H2,1H3. The van der Waals surface area contributed by atoms with Crippen LogP contribution in [0.1, 0.15) is 45.4 Å². The van der Waals surface area contributed by atoms with Crippen molar-refractivity contribution < 1.29 is 0 Å². The number of rotatable bonds is 0. The lowest BCUT2D eigenvalue weighted by Gasteiger charge is -2.44. The van der Waals surface area contributed by atoms with Gasteiger partial charge in [0.25, 0.3) is 0 Å². The maximum Gasteiger partial charge on any atom is 0.00127 e. The fourth-order valence-corrected chi connectivity index (χ4v) is 4.05. The van der Waals surface area contributed by atoms with Crippen LogP contribution in [0.25, 0.3) is 0 Å². The van der Waals surface area contributed by atoms with Gasteiger partial charge in [0.1, 0.15) is 0 Å². The molecule has 1 saturated carbocycles.